The van der Waals surface area contributed by atoms with Crippen LogP contribution in [0.5, 0.6) is 0 Å². The van der Waals surface area contributed by atoms with E-state index in [1.165, 1.54) is 19.1 Å². The molecule has 2 aromatic rings. The van der Waals surface area contributed by atoms with Crippen molar-refractivity contribution >= 4 is 24.0 Å². The predicted molar refractivity (Wildman–Crippen MR) is 105 cm³/mol. The van der Waals surface area contributed by atoms with Gasteiger partial charge >= 0.3 is 0 Å². The third kappa shape index (κ3) is 9.91. The lowest BCUT2D eigenvalue weighted by atomic mass is 10.1. The number of amides is 2. The first-order valence-electron chi connectivity index (χ1n) is 8.38. The van der Waals surface area contributed by atoms with Crippen LogP contribution in [0.25, 0.3) is 12.2 Å². The van der Waals surface area contributed by atoms with E-state index in [0.717, 1.165) is 16.7 Å². The zero-order chi connectivity index (χ0) is 20.1. The molecule has 2 amide bonds. The fourth-order valence-electron chi connectivity index (χ4n) is 2.02. The Bertz CT molecular complexity index is 758. The van der Waals surface area contributed by atoms with E-state index in [1.54, 1.807) is 20.3 Å². The van der Waals surface area contributed by atoms with Gasteiger partial charge in [-0.3, -0.25) is 9.59 Å². The van der Waals surface area contributed by atoms with Gasteiger partial charge in [0, 0.05) is 27.7 Å². The summed E-state index contributed by atoms with van der Waals surface area (Å²) in [5.41, 5.74) is 2.73. The van der Waals surface area contributed by atoms with E-state index in [9.17, 15) is 14.0 Å². The van der Waals surface area contributed by atoms with Crippen molar-refractivity contribution in [2.75, 3.05) is 20.8 Å². The number of hydrogen-bond donors (Lipinski definition) is 2. The van der Waals surface area contributed by atoms with E-state index in [2.05, 4.69) is 15.4 Å². The van der Waals surface area contributed by atoms with Gasteiger partial charge in [0.05, 0.1) is 6.54 Å². The van der Waals surface area contributed by atoms with Gasteiger partial charge in [0.15, 0.2) is 0 Å². The molecule has 27 heavy (non-hydrogen) atoms. The molecule has 2 rings (SSSR count). The molecule has 0 atom stereocenters. The first-order valence-corrected chi connectivity index (χ1v) is 8.38. The number of methoxy groups -OCH3 is 1. The molecule has 6 heteroatoms. The lowest BCUT2D eigenvalue weighted by Crippen LogP contribution is -2.35. The SMILES string of the molecule is CC(=O)NCC(=O)NCc1ccc(/C=C/c2cccc(F)c2)cc1.COC. The number of benzene rings is 2. The molecule has 144 valence electrons. The van der Waals surface area contributed by atoms with Crippen LogP contribution in [0.4, 0.5) is 4.39 Å². The molecule has 0 unspecified atom stereocenters. The number of carbonyl (C=O) groups excluding carboxylic acids is 2. The topological polar surface area (TPSA) is 67.4 Å². The monoisotopic (exact) mass is 372 g/mol. The highest BCUT2D eigenvalue weighted by Gasteiger charge is 2.01. The third-order valence-corrected chi connectivity index (χ3v) is 3.28. The number of halogens is 1. The molecule has 0 aliphatic heterocycles. The zero-order valence-corrected chi connectivity index (χ0v) is 15.8. The zero-order valence-electron chi connectivity index (χ0n) is 15.8. The minimum absolute atomic E-state index is 0.0240. The molecule has 2 N–H and O–H groups in total. The molecule has 5 nitrogen and oxygen atoms in total. The fourth-order valence-corrected chi connectivity index (χ4v) is 2.02. The van der Waals surface area contributed by atoms with E-state index in [-0.39, 0.29) is 24.2 Å². The van der Waals surface area contributed by atoms with Gasteiger partial charge in [0.1, 0.15) is 5.82 Å². The van der Waals surface area contributed by atoms with Gasteiger partial charge in [-0.1, -0.05) is 48.6 Å². The van der Waals surface area contributed by atoms with Crippen LogP contribution in [-0.4, -0.2) is 32.6 Å². The van der Waals surface area contributed by atoms with E-state index in [1.807, 2.05) is 42.5 Å². The first kappa shape index (κ1) is 22.1. The molecule has 0 aliphatic carbocycles. The summed E-state index contributed by atoms with van der Waals surface area (Å²) in [4.78, 5) is 22.2. The number of hydrogen-bond acceptors (Lipinski definition) is 3. The predicted octanol–water partition coefficient (Wildman–Crippen LogP) is 3.01. The summed E-state index contributed by atoms with van der Waals surface area (Å²) >= 11 is 0. The maximum absolute atomic E-state index is 13.1. The van der Waals surface area contributed by atoms with Crippen molar-refractivity contribution < 1.29 is 18.7 Å². The first-order chi connectivity index (χ1) is 12.9. The lowest BCUT2D eigenvalue weighted by molar-refractivity contribution is -0.125. The Balaban J connectivity index is 0.00000114. The van der Waals surface area contributed by atoms with E-state index < -0.39 is 0 Å². The van der Waals surface area contributed by atoms with E-state index in [0.29, 0.717) is 6.54 Å². The van der Waals surface area contributed by atoms with Crippen molar-refractivity contribution in [3.8, 4) is 0 Å². The molecule has 0 saturated heterocycles. The Morgan fingerprint density at radius 3 is 2.22 bits per heavy atom. The van der Waals surface area contributed by atoms with Gasteiger partial charge in [0.2, 0.25) is 11.8 Å². The van der Waals surface area contributed by atoms with Crippen LogP contribution in [-0.2, 0) is 20.9 Å². The summed E-state index contributed by atoms with van der Waals surface area (Å²) in [7, 11) is 3.25. The Labute approximate surface area is 159 Å². The van der Waals surface area contributed by atoms with Crippen LogP contribution >= 0.6 is 0 Å². The number of nitrogens with one attached hydrogen (secondary N) is 2. The smallest absolute Gasteiger partial charge is 0.239 e. The van der Waals surface area contributed by atoms with Crippen LogP contribution in [0, 0.1) is 5.82 Å². The van der Waals surface area contributed by atoms with Crippen LogP contribution in [0.15, 0.2) is 48.5 Å². The molecule has 0 spiro atoms. The highest BCUT2D eigenvalue weighted by atomic mass is 19.1. The number of rotatable bonds is 6. The highest BCUT2D eigenvalue weighted by Crippen LogP contribution is 2.11. The Hall–Kier alpha value is -2.99. The standard InChI is InChI=1S/C19H19FN2O2.C2H6O/c1-14(23)21-13-19(24)22-12-17-9-6-15(7-10-17)5-8-16-3-2-4-18(20)11-16;1-3-2/h2-11H,12-13H2,1H3,(H,21,23)(H,22,24);1-2H3/b8-5+;. The number of carbonyl (C=O) groups is 2. The largest absolute Gasteiger partial charge is 0.388 e. The average molecular weight is 372 g/mol. The maximum atomic E-state index is 13.1. The minimum Gasteiger partial charge on any atom is -0.388 e. The second kappa shape index (κ2) is 12.4. The summed E-state index contributed by atoms with van der Waals surface area (Å²) in [6.45, 7) is 1.74. The molecule has 0 radical (unpaired) electrons. The van der Waals surface area contributed by atoms with Gasteiger partial charge in [-0.25, -0.2) is 4.39 Å². The van der Waals surface area contributed by atoms with Gasteiger partial charge in [-0.05, 0) is 28.8 Å². The van der Waals surface area contributed by atoms with Crippen LogP contribution in [0.2, 0.25) is 0 Å². The van der Waals surface area contributed by atoms with Gasteiger partial charge in [0.25, 0.3) is 0 Å². The molecule has 0 heterocycles. The van der Waals surface area contributed by atoms with Crippen molar-refractivity contribution in [2.45, 2.75) is 13.5 Å². The van der Waals surface area contributed by atoms with Crippen LogP contribution in [0.3, 0.4) is 0 Å². The third-order valence-electron chi connectivity index (χ3n) is 3.28. The van der Waals surface area contributed by atoms with Gasteiger partial charge in [-0.15, -0.1) is 0 Å². The summed E-state index contributed by atoms with van der Waals surface area (Å²) in [5, 5.41) is 5.16. The Morgan fingerprint density at radius 2 is 1.63 bits per heavy atom. The Morgan fingerprint density at radius 1 is 1.00 bits per heavy atom. The summed E-state index contributed by atoms with van der Waals surface area (Å²) in [5.74, 6) is -0.734. The molecule has 0 bridgehead atoms. The van der Waals surface area contributed by atoms with Crippen molar-refractivity contribution in [1.29, 1.82) is 0 Å². The second-order valence-corrected chi connectivity index (χ2v) is 5.72. The summed E-state index contributed by atoms with van der Waals surface area (Å²) in [6.07, 6.45) is 3.74. The summed E-state index contributed by atoms with van der Waals surface area (Å²) in [6, 6.07) is 14.0. The molecule has 2 aromatic carbocycles. The molecular formula is C21H25FN2O3. The fraction of sp³-hybridized carbons (Fsp3) is 0.238. The van der Waals surface area contributed by atoms with Gasteiger partial charge in [-0.2, -0.15) is 0 Å². The normalized spacial score (nSPS) is 10.1. The van der Waals surface area contributed by atoms with Crippen molar-refractivity contribution in [3.05, 3.63) is 71.0 Å². The van der Waals surface area contributed by atoms with Gasteiger partial charge < -0.3 is 15.4 Å². The highest BCUT2D eigenvalue weighted by molar-refractivity contribution is 5.83. The average Bonchev–Trinajstić information content (AvgIpc) is 2.64. The quantitative estimate of drug-likeness (QED) is 0.766. The second-order valence-electron chi connectivity index (χ2n) is 5.72. The van der Waals surface area contributed by atoms with E-state index >= 15 is 0 Å². The van der Waals surface area contributed by atoms with Crippen molar-refractivity contribution in [1.82, 2.24) is 10.6 Å². The molecule has 0 saturated carbocycles. The minimum atomic E-state index is -0.262. The van der Waals surface area contributed by atoms with Crippen LogP contribution < -0.4 is 10.6 Å². The van der Waals surface area contributed by atoms with Crippen LogP contribution in [0.1, 0.15) is 23.6 Å². The molecule has 0 aromatic heterocycles. The number of ether oxygens (including phenoxy) is 1. The van der Waals surface area contributed by atoms with Crippen molar-refractivity contribution in [3.63, 3.8) is 0 Å². The molecule has 0 fully saturated rings. The molecule has 0 aliphatic rings. The molecular weight excluding hydrogens is 347 g/mol. The summed E-state index contributed by atoms with van der Waals surface area (Å²) < 4.78 is 17.4. The van der Waals surface area contributed by atoms with E-state index in [4.69, 9.17) is 0 Å². The maximum Gasteiger partial charge on any atom is 0.239 e. The van der Waals surface area contributed by atoms with Crippen molar-refractivity contribution in [2.24, 2.45) is 0 Å². The Kier molecular flexibility index (Phi) is 10.1. The lowest BCUT2D eigenvalue weighted by Gasteiger charge is -2.06.